The van der Waals surface area contributed by atoms with Crippen LogP contribution < -0.4 is 15.3 Å². The molecule has 61 heavy (non-hydrogen) atoms. The Bertz CT molecular complexity index is 3540. The lowest BCUT2D eigenvalue weighted by molar-refractivity contribution is 0.829. The molecule has 1 nitrogen and oxygen atoms in total. The van der Waals surface area contributed by atoms with E-state index in [1.54, 1.807) is 0 Å². The fourth-order valence-corrected chi connectivity index (χ4v) is 10.3. The number of benzene rings is 10. The van der Waals surface area contributed by atoms with Gasteiger partial charge in [-0.3, -0.25) is 0 Å². The Labute approximate surface area is 355 Å². The van der Waals surface area contributed by atoms with Crippen molar-refractivity contribution in [2.24, 2.45) is 5.92 Å². The molecule has 1 heteroatoms. The van der Waals surface area contributed by atoms with Gasteiger partial charge in [-0.05, 0) is 113 Å². The van der Waals surface area contributed by atoms with Crippen molar-refractivity contribution in [3.63, 3.8) is 0 Å². The van der Waals surface area contributed by atoms with Crippen molar-refractivity contribution < 1.29 is 0 Å². The molecular formula is C60H41N. The van der Waals surface area contributed by atoms with Crippen LogP contribution >= 0.6 is 0 Å². The van der Waals surface area contributed by atoms with E-state index in [0.717, 1.165) is 12.1 Å². The van der Waals surface area contributed by atoms with Crippen molar-refractivity contribution in [1.29, 1.82) is 0 Å². The van der Waals surface area contributed by atoms with E-state index in [9.17, 15) is 0 Å². The quantitative estimate of drug-likeness (QED) is 0.152. The Morgan fingerprint density at radius 1 is 0.410 bits per heavy atom. The van der Waals surface area contributed by atoms with Gasteiger partial charge in [-0.1, -0.05) is 206 Å². The molecule has 0 spiro atoms. The molecular weight excluding hydrogens is 735 g/mol. The average Bonchev–Trinajstić information content (AvgIpc) is 3.34. The predicted molar refractivity (Wildman–Crippen MR) is 260 cm³/mol. The van der Waals surface area contributed by atoms with Crippen LogP contribution in [-0.4, -0.2) is 0 Å². The molecule has 0 amide bonds. The van der Waals surface area contributed by atoms with Crippen LogP contribution in [0.5, 0.6) is 0 Å². The maximum absolute atomic E-state index is 2.58. The van der Waals surface area contributed by atoms with E-state index in [1.165, 1.54) is 104 Å². The monoisotopic (exact) mass is 775 g/mol. The molecule has 0 bridgehead atoms. The van der Waals surface area contributed by atoms with Gasteiger partial charge in [0.1, 0.15) is 0 Å². The summed E-state index contributed by atoms with van der Waals surface area (Å²) in [4.78, 5) is 2.58. The molecule has 0 N–H and O–H groups in total. The fraction of sp³-hybridized carbons (Fsp3) is 0.0333. The minimum Gasteiger partial charge on any atom is -0.313 e. The van der Waals surface area contributed by atoms with E-state index in [1.807, 2.05) is 0 Å². The summed E-state index contributed by atoms with van der Waals surface area (Å²) in [6.45, 7) is 0. The zero-order chi connectivity index (χ0) is 40.3. The van der Waals surface area contributed by atoms with Crippen molar-refractivity contribution >= 4 is 65.7 Å². The van der Waals surface area contributed by atoms with Gasteiger partial charge in [-0.15, -0.1) is 0 Å². The highest BCUT2D eigenvalue weighted by molar-refractivity contribution is 6.33. The minimum absolute atomic E-state index is 0.293. The smallest absolute Gasteiger partial charge is 0.0537 e. The van der Waals surface area contributed by atoms with Gasteiger partial charge < -0.3 is 4.90 Å². The van der Waals surface area contributed by atoms with Crippen LogP contribution in [0.4, 0.5) is 11.4 Å². The van der Waals surface area contributed by atoms with E-state index < -0.39 is 0 Å². The third kappa shape index (κ3) is 5.77. The summed E-state index contributed by atoms with van der Waals surface area (Å²) in [5.74, 6) is 0.293. The van der Waals surface area contributed by atoms with Crippen LogP contribution in [0.1, 0.15) is 6.42 Å². The number of allylic oxidation sites excluding steroid dienone is 4. The van der Waals surface area contributed by atoms with Crippen molar-refractivity contribution in [2.45, 2.75) is 6.42 Å². The van der Waals surface area contributed by atoms with E-state index in [4.69, 9.17) is 0 Å². The van der Waals surface area contributed by atoms with Crippen LogP contribution in [0.15, 0.2) is 231 Å². The SMILES string of the molecule is C1=CC2=c3ccccc3=C(N(c3ccc4c(c3)c3ccccc3c3c(-c5ccccc5)c(-c5ccccc5)cc(-c5ccccc5)c43)c3cccc4ccccc34)CC2C=C1. The zero-order valence-electron chi connectivity index (χ0n) is 33.7. The van der Waals surface area contributed by atoms with Crippen molar-refractivity contribution in [3.05, 3.63) is 241 Å². The standard InChI is InChI=1S/C60H41N/c1-4-19-41(20-5-1)53-39-54(42-21-6-2-7-22-42)59-52-36-35-45(38-55(52)49-31-15-17-33-51(49)60(59)58(53)43-24-8-3-9-25-43)61(56-34-18-27-40-23-10-13-29-47(40)56)57-37-44-26-11-12-28-46(44)48-30-14-16-32-50(48)57/h1-36,38-39,44H,37H2. The lowest BCUT2D eigenvalue weighted by atomic mass is 9.81. The Morgan fingerprint density at radius 2 is 1.02 bits per heavy atom. The Kier molecular flexibility index (Phi) is 8.38. The van der Waals surface area contributed by atoms with Gasteiger partial charge in [0.05, 0.1) is 5.69 Å². The van der Waals surface area contributed by atoms with Gasteiger partial charge in [-0.25, -0.2) is 0 Å². The maximum atomic E-state index is 2.58. The first-order chi connectivity index (χ1) is 30.3. The molecule has 0 saturated heterocycles. The average molecular weight is 776 g/mol. The van der Waals surface area contributed by atoms with Gasteiger partial charge in [0, 0.05) is 27.9 Å². The number of hydrogen-bond donors (Lipinski definition) is 0. The first-order valence-electron chi connectivity index (χ1n) is 21.4. The molecule has 12 rings (SSSR count). The molecule has 286 valence electrons. The third-order valence-electron chi connectivity index (χ3n) is 12.9. The second-order valence-electron chi connectivity index (χ2n) is 16.3. The van der Waals surface area contributed by atoms with Crippen LogP contribution in [0, 0.1) is 5.92 Å². The highest BCUT2D eigenvalue weighted by atomic mass is 15.2. The summed E-state index contributed by atoms with van der Waals surface area (Å²) in [6.07, 6.45) is 9.99. The summed E-state index contributed by atoms with van der Waals surface area (Å²) >= 11 is 0. The maximum Gasteiger partial charge on any atom is 0.0537 e. The second-order valence-corrected chi connectivity index (χ2v) is 16.3. The Morgan fingerprint density at radius 3 is 1.79 bits per heavy atom. The molecule has 0 heterocycles. The van der Waals surface area contributed by atoms with Gasteiger partial charge in [-0.2, -0.15) is 0 Å². The van der Waals surface area contributed by atoms with Crippen molar-refractivity contribution in [3.8, 4) is 33.4 Å². The minimum atomic E-state index is 0.293. The number of hydrogen-bond acceptors (Lipinski definition) is 1. The van der Waals surface area contributed by atoms with E-state index >= 15 is 0 Å². The molecule has 1 atom stereocenters. The lowest BCUT2D eigenvalue weighted by Gasteiger charge is -2.34. The van der Waals surface area contributed by atoms with E-state index in [2.05, 4.69) is 235 Å². The highest BCUT2D eigenvalue weighted by Gasteiger charge is 2.28. The molecule has 1 unspecified atom stereocenters. The number of fused-ring (bicyclic) bond motifs is 9. The largest absolute Gasteiger partial charge is 0.313 e. The van der Waals surface area contributed by atoms with Crippen molar-refractivity contribution in [1.82, 2.24) is 0 Å². The first-order valence-corrected chi connectivity index (χ1v) is 21.4. The normalized spacial score (nSPS) is 14.5. The summed E-state index contributed by atoms with van der Waals surface area (Å²) in [7, 11) is 0. The summed E-state index contributed by atoms with van der Waals surface area (Å²) in [5, 5.41) is 12.6. The number of anilines is 2. The first kappa shape index (κ1) is 35.2. The molecule has 10 aromatic rings. The van der Waals surface area contributed by atoms with Crippen LogP contribution in [-0.2, 0) is 0 Å². The highest BCUT2D eigenvalue weighted by Crippen LogP contribution is 2.50. The lowest BCUT2D eigenvalue weighted by Crippen LogP contribution is -2.39. The molecule has 10 aromatic carbocycles. The van der Waals surface area contributed by atoms with Gasteiger partial charge in [0.25, 0.3) is 0 Å². The zero-order valence-corrected chi connectivity index (χ0v) is 33.7. The molecule has 2 aliphatic rings. The predicted octanol–water partition coefficient (Wildman–Crippen LogP) is 14.5. The van der Waals surface area contributed by atoms with Crippen LogP contribution in [0.25, 0.3) is 87.7 Å². The molecule has 2 aliphatic carbocycles. The van der Waals surface area contributed by atoms with Gasteiger partial charge >= 0.3 is 0 Å². The fourth-order valence-electron chi connectivity index (χ4n) is 10.3. The number of rotatable bonds is 6. The second kappa shape index (κ2) is 14.5. The molecule has 0 saturated carbocycles. The van der Waals surface area contributed by atoms with Crippen LogP contribution in [0.2, 0.25) is 0 Å². The molecule has 0 aliphatic heterocycles. The third-order valence-corrected chi connectivity index (χ3v) is 12.9. The molecule has 0 radical (unpaired) electrons. The summed E-state index contributed by atoms with van der Waals surface area (Å²) < 4.78 is 0. The van der Waals surface area contributed by atoms with E-state index in [-0.39, 0.29) is 0 Å². The van der Waals surface area contributed by atoms with Crippen molar-refractivity contribution in [2.75, 3.05) is 4.90 Å². The molecule has 0 fully saturated rings. The van der Waals surface area contributed by atoms with Crippen LogP contribution in [0.3, 0.4) is 0 Å². The van der Waals surface area contributed by atoms with E-state index in [0.29, 0.717) is 5.92 Å². The Balaban J connectivity index is 1.23. The topological polar surface area (TPSA) is 3.24 Å². The van der Waals surface area contributed by atoms with Gasteiger partial charge in [0.15, 0.2) is 0 Å². The molecule has 0 aromatic heterocycles. The number of nitrogens with zero attached hydrogens (tertiary/aromatic N) is 1. The summed E-state index contributed by atoms with van der Waals surface area (Å²) in [5.41, 5.74) is 12.4. The Hall–Kier alpha value is -7.74. The van der Waals surface area contributed by atoms with Gasteiger partial charge in [0.2, 0.25) is 0 Å². The summed E-state index contributed by atoms with van der Waals surface area (Å²) in [6, 6.07) is 76.3.